The van der Waals surface area contributed by atoms with Crippen molar-refractivity contribution in [1.29, 1.82) is 0 Å². The summed E-state index contributed by atoms with van der Waals surface area (Å²) in [7, 11) is 0. The molecular formula is C15H16N2O3S. The number of carboxylic acids is 1. The molecule has 3 atom stereocenters. The number of amides is 1. The van der Waals surface area contributed by atoms with Crippen molar-refractivity contribution in [2.24, 2.45) is 4.99 Å². The van der Waals surface area contributed by atoms with Crippen LogP contribution in [0, 0.1) is 0 Å². The molecule has 0 aromatic heterocycles. The topological polar surface area (TPSA) is 70.0 Å². The highest BCUT2D eigenvalue weighted by Crippen LogP contribution is 2.51. The van der Waals surface area contributed by atoms with Crippen molar-refractivity contribution in [3.05, 3.63) is 35.9 Å². The second-order valence-corrected chi connectivity index (χ2v) is 7.50. The van der Waals surface area contributed by atoms with Gasteiger partial charge in [-0.25, -0.2) is 4.79 Å². The molecule has 2 aliphatic rings. The number of β-lactam (4-membered cyclic amide) rings is 1. The molecule has 2 heterocycles. The van der Waals surface area contributed by atoms with Gasteiger partial charge in [-0.05, 0) is 19.4 Å². The molecule has 1 N–H and O–H groups in total. The third kappa shape index (κ3) is 2.23. The molecule has 0 bridgehead atoms. The van der Waals surface area contributed by atoms with Crippen LogP contribution in [0.5, 0.6) is 0 Å². The van der Waals surface area contributed by atoms with Gasteiger partial charge in [0.1, 0.15) is 11.4 Å². The van der Waals surface area contributed by atoms with E-state index in [0.717, 1.165) is 5.56 Å². The molecule has 0 radical (unpaired) electrons. The monoisotopic (exact) mass is 304 g/mol. The lowest BCUT2D eigenvalue weighted by Gasteiger charge is -2.41. The van der Waals surface area contributed by atoms with E-state index in [-0.39, 0.29) is 11.3 Å². The first-order valence-corrected chi connectivity index (χ1v) is 7.61. The summed E-state index contributed by atoms with van der Waals surface area (Å²) < 4.78 is -0.497. The van der Waals surface area contributed by atoms with Gasteiger partial charge in [-0.1, -0.05) is 30.3 Å². The van der Waals surface area contributed by atoms with Crippen molar-refractivity contribution in [3.8, 4) is 0 Å². The Morgan fingerprint density at radius 1 is 1.38 bits per heavy atom. The van der Waals surface area contributed by atoms with E-state index in [1.54, 1.807) is 6.21 Å². The summed E-state index contributed by atoms with van der Waals surface area (Å²) in [5, 5.41) is 9.16. The first-order valence-electron chi connectivity index (χ1n) is 6.73. The van der Waals surface area contributed by atoms with Crippen LogP contribution >= 0.6 is 11.8 Å². The van der Waals surface area contributed by atoms with E-state index in [9.17, 15) is 14.7 Å². The maximum absolute atomic E-state index is 12.2. The summed E-state index contributed by atoms with van der Waals surface area (Å²) in [5.74, 6) is -1.15. The minimum Gasteiger partial charge on any atom is -0.480 e. The summed E-state index contributed by atoms with van der Waals surface area (Å²) >= 11 is 1.51. The van der Waals surface area contributed by atoms with Crippen LogP contribution in [-0.2, 0) is 9.59 Å². The van der Waals surface area contributed by atoms with Gasteiger partial charge in [0, 0.05) is 11.0 Å². The van der Waals surface area contributed by atoms with Crippen molar-refractivity contribution in [2.75, 3.05) is 0 Å². The Kier molecular flexibility index (Phi) is 3.28. The number of thioether (sulfide) groups is 1. The molecule has 1 aromatic carbocycles. The Morgan fingerprint density at radius 2 is 2.05 bits per heavy atom. The third-order valence-electron chi connectivity index (χ3n) is 3.83. The fourth-order valence-corrected chi connectivity index (χ4v) is 4.46. The van der Waals surface area contributed by atoms with Gasteiger partial charge in [-0.15, -0.1) is 11.8 Å². The zero-order chi connectivity index (χ0) is 15.2. The van der Waals surface area contributed by atoms with Gasteiger partial charge >= 0.3 is 5.97 Å². The molecule has 1 amide bonds. The van der Waals surface area contributed by atoms with Crippen molar-refractivity contribution in [1.82, 2.24) is 4.90 Å². The Morgan fingerprint density at radius 3 is 2.67 bits per heavy atom. The quantitative estimate of drug-likeness (QED) is 0.680. The smallest absolute Gasteiger partial charge is 0.327 e. The Bertz CT molecular complexity index is 615. The maximum Gasteiger partial charge on any atom is 0.327 e. The van der Waals surface area contributed by atoms with Gasteiger partial charge in [0.15, 0.2) is 6.04 Å². The zero-order valence-electron chi connectivity index (χ0n) is 11.8. The van der Waals surface area contributed by atoms with Crippen LogP contribution in [0.15, 0.2) is 35.3 Å². The van der Waals surface area contributed by atoms with Crippen molar-refractivity contribution in [3.63, 3.8) is 0 Å². The maximum atomic E-state index is 12.2. The Balaban J connectivity index is 1.79. The molecule has 0 aliphatic carbocycles. The van der Waals surface area contributed by atoms with Crippen LogP contribution < -0.4 is 0 Å². The van der Waals surface area contributed by atoms with Crippen LogP contribution in [0.1, 0.15) is 19.4 Å². The van der Waals surface area contributed by atoms with Gasteiger partial charge in [0.05, 0.1) is 0 Å². The van der Waals surface area contributed by atoms with Crippen LogP contribution in [0.2, 0.25) is 0 Å². The molecule has 1 aromatic rings. The number of carbonyl (C=O) groups is 2. The van der Waals surface area contributed by atoms with Crippen LogP contribution in [0.3, 0.4) is 0 Å². The molecule has 0 spiro atoms. The Hall–Kier alpha value is -1.82. The fourth-order valence-electron chi connectivity index (χ4n) is 2.84. The first kappa shape index (κ1) is 14.1. The number of hydrogen-bond donors (Lipinski definition) is 1. The summed E-state index contributed by atoms with van der Waals surface area (Å²) in [4.78, 5) is 29.4. The number of carbonyl (C=O) groups excluding carboxylic acids is 1. The summed E-state index contributed by atoms with van der Waals surface area (Å²) in [5.41, 5.74) is 0.931. The molecule has 5 nitrogen and oxygen atoms in total. The first-order chi connectivity index (χ1) is 9.92. The van der Waals surface area contributed by atoms with E-state index < -0.39 is 22.8 Å². The number of hydrogen-bond acceptors (Lipinski definition) is 4. The lowest BCUT2D eigenvalue weighted by atomic mass is 9.96. The normalized spacial score (nSPS) is 30.3. The third-order valence-corrected chi connectivity index (χ3v) is 5.39. The summed E-state index contributed by atoms with van der Waals surface area (Å²) in [6.07, 6.45) is 1.68. The molecule has 2 aliphatic heterocycles. The second-order valence-electron chi connectivity index (χ2n) is 5.73. The van der Waals surface area contributed by atoms with E-state index in [1.165, 1.54) is 16.7 Å². The van der Waals surface area contributed by atoms with Gasteiger partial charge in [-0.3, -0.25) is 9.79 Å². The number of benzene rings is 1. The highest BCUT2D eigenvalue weighted by atomic mass is 32.2. The van der Waals surface area contributed by atoms with E-state index >= 15 is 0 Å². The van der Waals surface area contributed by atoms with Crippen molar-refractivity contribution in [2.45, 2.75) is 36.1 Å². The molecule has 3 rings (SSSR count). The molecular weight excluding hydrogens is 288 g/mol. The van der Waals surface area contributed by atoms with Crippen molar-refractivity contribution >= 4 is 29.9 Å². The van der Waals surface area contributed by atoms with Gasteiger partial charge < -0.3 is 10.0 Å². The number of fused-ring (bicyclic) bond motifs is 1. The molecule has 2 fully saturated rings. The SMILES string of the molecule is CC1(C)S[C@@H]2C(N=Cc3ccccc3)C(=O)N2[C@H]1C(=O)O. The predicted octanol–water partition coefficient (Wildman–Crippen LogP) is 1.62. The highest BCUT2D eigenvalue weighted by Gasteiger charge is 2.63. The standard InChI is InChI=1S/C15H16N2O3S/c1-15(2)11(14(19)20)17-12(18)10(13(17)21-15)16-8-9-6-4-3-5-7-9/h3-8,10-11,13H,1-2H3,(H,19,20)/t10?,11-,13+/m0/s1. The van der Waals surface area contributed by atoms with Gasteiger partial charge in [-0.2, -0.15) is 0 Å². The van der Waals surface area contributed by atoms with Crippen LogP contribution in [-0.4, -0.2) is 50.3 Å². The Labute approximate surface area is 127 Å². The predicted molar refractivity (Wildman–Crippen MR) is 81.6 cm³/mol. The highest BCUT2D eigenvalue weighted by molar-refractivity contribution is 8.01. The zero-order valence-corrected chi connectivity index (χ0v) is 12.6. The number of nitrogens with zero attached hydrogens (tertiary/aromatic N) is 2. The average Bonchev–Trinajstić information content (AvgIpc) is 2.69. The fraction of sp³-hybridized carbons (Fsp3) is 0.400. The van der Waals surface area contributed by atoms with Gasteiger partial charge in [0.2, 0.25) is 0 Å². The number of aliphatic carboxylic acids is 1. The number of carboxylic acid groups (broad SMARTS) is 1. The number of aliphatic imine (C=N–C) groups is 1. The van der Waals surface area contributed by atoms with E-state index in [0.29, 0.717) is 0 Å². The van der Waals surface area contributed by atoms with E-state index in [4.69, 9.17) is 0 Å². The minimum atomic E-state index is -0.950. The largest absolute Gasteiger partial charge is 0.480 e. The summed E-state index contributed by atoms with van der Waals surface area (Å²) in [6, 6.07) is 8.31. The number of rotatable bonds is 3. The molecule has 2 saturated heterocycles. The lowest BCUT2D eigenvalue weighted by Crippen LogP contribution is -2.64. The van der Waals surface area contributed by atoms with E-state index in [1.807, 2.05) is 44.2 Å². The van der Waals surface area contributed by atoms with E-state index in [2.05, 4.69) is 4.99 Å². The second kappa shape index (κ2) is 4.87. The molecule has 1 unspecified atom stereocenters. The summed E-state index contributed by atoms with van der Waals surface area (Å²) in [6.45, 7) is 3.72. The molecule has 0 saturated carbocycles. The lowest BCUT2D eigenvalue weighted by molar-refractivity contribution is -0.158. The van der Waals surface area contributed by atoms with Crippen LogP contribution in [0.4, 0.5) is 0 Å². The molecule has 6 heteroatoms. The molecule has 110 valence electrons. The van der Waals surface area contributed by atoms with Gasteiger partial charge in [0.25, 0.3) is 5.91 Å². The minimum absolute atomic E-state index is 0.173. The molecule has 21 heavy (non-hydrogen) atoms. The average molecular weight is 304 g/mol. The van der Waals surface area contributed by atoms with Crippen LogP contribution in [0.25, 0.3) is 0 Å². The van der Waals surface area contributed by atoms with Crippen molar-refractivity contribution < 1.29 is 14.7 Å².